The molecule has 2 rings (SSSR count). The molecule has 9 heteroatoms. The zero-order chi connectivity index (χ0) is 18.9. The molecule has 0 aliphatic rings. The van der Waals surface area contributed by atoms with Gasteiger partial charge in [0.15, 0.2) is 5.82 Å². The number of nitrogens with zero attached hydrogens (tertiary/aromatic N) is 4. The summed E-state index contributed by atoms with van der Waals surface area (Å²) in [5, 5.41) is 12.0. The number of ether oxygens (including phenoxy) is 1. The lowest BCUT2D eigenvalue weighted by molar-refractivity contribution is 0.114. The van der Waals surface area contributed by atoms with Crippen molar-refractivity contribution in [1.82, 2.24) is 20.1 Å². The lowest BCUT2D eigenvalue weighted by Crippen LogP contribution is -2.27. The second-order valence-corrected chi connectivity index (χ2v) is 6.32. The molecule has 0 fully saturated rings. The Morgan fingerprint density at radius 2 is 1.92 bits per heavy atom. The second-order valence-electron chi connectivity index (χ2n) is 5.54. The molecule has 0 aliphatic heterocycles. The van der Waals surface area contributed by atoms with Crippen LogP contribution in [0.3, 0.4) is 0 Å². The predicted octanol–water partition coefficient (Wildman–Crippen LogP) is 3.20. The largest absolute Gasteiger partial charge is 0.382 e. The van der Waals surface area contributed by atoms with Gasteiger partial charge < -0.3 is 20.7 Å². The van der Waals surface area contributed by atoms with Crippen LogP contribution in [0.15, 0.2) is 18.2 Å². The van der Waals surface area contributed by atoms with Gasteiger partial charge in [-0.05, 0) is 19.2 Å². The normalized spacial score (nSPS) is 11.1. The van der Waals surface area contributed by atoms with Crippen LogP contribution in [0.25, 0.3) is 11.3 Å². The molecule has 0 saturated heterocycles. The number of hydrogen-bond donors (Lipinski definition) is 2. The van der Waals surface area contributed by atoms with Gasteiger partial charge in [0.25, 0.3) is 0 Å². The fourth-order valence-corrected chi connectivity index (χ4v) is 2.75. The predicted molar refractivity (Wildman–Crippen MR) is 107 cm³/mol. The number of nitrogens with two attached hydrogens (primary N) is 1. The van der Waals surface area contributed by atoms with Crippen LogP contribution in [0, 0.1) is 0 Å². The first-order chi connectivity index (χ1) is 12.6. The number of rotatable bonds is 10. The van der Waals surface area contributed by atoms with Gasteiger partial charge in [-0.3, -0.25) is 0 Å². The molecule has 0 radical (unpaired) electrons. The lowest BCUT2D eigenvalue weighted by Gasteiger charge is -2.17. The number of nitrogens with one attached hydrogen (secondary N) is 1. The van der Waals surface area contributed by atoms with Crippen molar-refractivity contribution in [3.05, 3.63) is 28.2 Å². The molecule has 0 spiro atoms. The molecule has 142 valence electrons. The summed E-state index contributed by atoms with van der Waals surface area (Å²) in [5.41, 5.74) is 7.00. The highest BCUT2D eigenvalue weighted by molar-refractivity contribution is 6.43. The Labute approximate surface area is 163 Å². The summed E-state index contributed by atoms with van der Waals surface area (Å²) in [4.78, 5) is 6.53. The third kappa shape index (κ3) is 5.67. The van der Waals surface area contributed by atoms with Crippen LogP contribution in [0.4, 0.5) is 11.8 Å². The molecule has 2 aromatic rings. The van der Waals surface area contributed by atoms with Gasteiger partial charge in [-0.15, -0.1) is 10.2 Å². The summed E-state index contributed by atoms with van der Waals surface area (Å²) in [6, 6.07) is 5.24. The van der Waals surface area contributed by atoms with Crippen LogP contribution in [0.2, 0.25) is 10.0 Å². The highest BCUT2D eigenvalue weighted by atomic mass is 35.5. The number of hydrogen-bond acceptors (Lipinski definition) is 7. The maximum atomic E-state index is 6.20. The van der Waals surface area contributed by atoms with Crippen molar-refractivity contribution in [3.63, 3.8) is 0 Å². The number of anilines is 2. The minimum absolute atomic E-state index is 0.231. The van der Waals surface area contributed by atoms with Gasteiger partial charge in [-0.25, -0.2) is 0 Å². The first-order valence-corrected chi connectivity index (χ1v) is 9.30. The lowest BCUT2D eigenvalue weighted by atomic mass is 10.1. The number of halogens is 2. The average molecular weight is 399 g/mol. The van der Waals surface area contributed by atoms with Crippen LogP contribution in [-0.4, -0.2) is 59.5 Å². The van der Waals surface area contributed by atoms with Crippen molar-refractivity contribution >= 4 is 35.0 Å². The summed E-state index contributed by atoms with van der Waals surface area (Å²) in [6.07, 6.45) is 0. The van der Waals surface area contributed by atoms with Crippen molar-refractivity contribution in [2.45, 2.75) is 13.8 Å². The SMILES string of the molecule is CCN(CC)CCOCCNc1nnc(-c2cccc(Cl)c2Cl)c(N)n1. The smallest absolute Gasteiger partial charge is 0.244 e. The van der Waals surface area contributed by atoms with Crippen LogP contribution >= 0.6 is 23.2 Å². The van der Waals surface area contributed by atoms with Gasteiger partial charge >= 0.3 is 0 Å². The van der Waals surface area contributed by atoms with E-state index < -0.39 is 0 Å². The van der Waals surface area contributed by atoms with Gasteiger partial charge in [-0.2, -0.15) is 4.98 Å². The number of likely N-dealkylation sites (N-methyl/N-ethyl adjacent to an activating group) is 1. The second kappa shape index (κ2) is 10.5. The first-order valence-electron chi connectivity index (χ1n) is 8.55. The fraction of sp³-hybridized carbons (Fsp3) is 0.471. The van der Waals surface area contributed by atoms with Crippen molar-refractivity contribution in [2.75, 3.05) is 50.4 Å². The van der Waals surface area contributed by atoms with Crippen molar-refractivity contribution < 1.29 is 4.74 Å². The van der Waals surface area contributed by atoms with Crippen molar-refractivity contribution in [1.29, 1.82) is 0 Å². The molecule has 1 aromatic carbocycles. The van der Waals surface area contributed by atoms with Crippen LogP contribution in [0.5, 0.6) is 0 Å². The summed E-state index contributed by atoms with van der Waals surface area (Å²) in [6.45, 7) is 9.06. The Morgan fingerprint density at radius 3 is 2.62 bits per heavy atom. The summed E-state index contributed by atoms with van der Waals surface area (Å²) in [7, 11) is 0. The minimum atomic E-state index is 0.231. The Morgan fingerprint density at radius 1 is 1.15 bits per heavy atom. The van der Waals surface area contributed by atoms with E-state index in [2.05, 4.69) is 39.2 Å². The van der Waals surface area contributed by atoms with Crippen molar-refractivity contribution in [2.24, 2.45) is 0 Å². The molecule has 0 bridgehead atoms. The van der Waals surface area contributed by atoms with E-state index in [9.17, 15) is 0 Å². The third-order valence-electron chi connectivity index (χ3n) is 3.90. The van der Waals surface area contributed by atoms with Gasteiger partial charge in [0.2, 0.25) is 5.95 Å². The molecule has 1 aromatic heterocycles. The van der Waals surface area contributed by atoms with E-state index in [1.165, 1.54) is 0 Å². The molecule has 0 atom stereocenters. The Kier molecular flexibility index (Phi) is 8.31. The Hall–Kier alpha value is -1.67. The van der Waals surface area contributed by atoms with Gasteiger partial charge in [0.05, 0.1) is 23.3 Å². The number of aromatic nitrogens is 3. The third-order valence-corrected chi connectivity index (χ3v) is 4.72. The van der Waals surface area contributed by atoms with E-state index in [0.717, 1.165) is 19.6 Å². The molecule has 1 heterocycles. The molecule has 0 unspecified atom stereocenters. The quantitative estimate of drug-likeness (QED) is 0.593. The maximum absolute atomic E-state index is 6.20. The van der Waals surface area contributed by atoms with Gasteiger partial charge in [-0.1, -0.05) is 49.2 Å². The van der Waals surface area contributed by atoms with Crippen LogP contribution < -0.4 is 11.1 Å². The standard InChI is InChI=1S/C17H24Cl2N6O/c1-3-25(4-2)9-11-26-10-8-21-17-22-16(20)15(23-24-17)12-6-5-7-13(18)14(12)19/h5-7H,3-4,8-11H2,1-2H3,(H3,20,21,22,24). The van der Waals surface area contributed by atoms with Crippen LogP contribution in [-0.2, 0) is 4.74 Å². The van der Waals surface area contributed by atoms with Crippen LogP contribution in [0.1, 0.15) is 13.8 Å². The molecule has 7 nitrogen and oxygen atoms in total. The average Bonchev–Trinajstić information content (AvgIpc) is 2.64. The van der Waals surface area contributed by atoms with E-state index in [-0.39, 0.29) is 5.82 Å². The highest BCUT2D eigenvalue weighted by Crippen LogP contribution is 2.34. The monoisotopic (exact) mass is 398 g/mol. The van der Waals surface area contributed by atoms with Gasteiger partial charge in [0.1, 0.15) is 5.69 Å². The zero-order valence-electron chi connectivity index (χ0n) is 15.0. The van der Waals surface area contributed by atoms with E-state index in [1.807, 2.05) is 0 Å². The molecular formula is C17H24Cl2N6O. The number of nitrogen functional groups attached to an aromatic ring is 1. The Bertz CT molecular complexity index is 712. The summed E-state index contributed by atoms with van der Waals surface area (Å²) >= 11 is 12.2. The molecule has 3 N–H and O–H groups in total. The molecule has 26 heavy (non-hydrogen) atoms. The topological polar surface area (TPSA) is 89.2 Å². The molecular weight excluding hydrogens is 375 g/mol. The Balaban J connectivity index is 1.85. The molecule has 0 aliphatic carbocycles. The number of benzene rings is 1. The van der Waals surface area contributed by atoms with Gasteiger partial charge in [0, 0.05) is 18.7 Å². The molecule has 0 saturated carbocycles. The summed E-state index contributed by atoms with van der Waals surface area (Å²) in [5.74, 6) is 0.575. The van der Waals surface area contributed by atoms with E-state index in [1.54, 1.807) is 18.2 Å². The minimum Gasteiger partial charge on any atom is -0.382 e. The molecule has 0 amide bonds. The van der Waals surface area contributed by atoms with E-state index >= 15 is 0 Å². The summed E-state index contributed by atoms with van der Waals surface area (Å²) < 4.78 is 5.60. The van der Waals surface area contributed by atoms with Crippen molar-refractivity contribution in [3.8, 4) is 11.3 Å². The maximum Gasteiger partial charge on any atom is 0.244 e. The first kappa shape index (κ1) is 20.6. The fourth-order valence-electron chi connectivity index (χ4n) is 2.36. The zero-order valence-corrected chi connectivity index (χ0v) is 16.5. The van der Waals surface area contributed by atoms with E-state index in [0.29, 0.717) is 47.0 Å². The van der Waals surface area contributed by atoms with E-state index in [4.69, 9.17) is 33.7 Å². The highest BCUT2D eigenvalue weighted by Gasteiger charge is 2.13.